The van der Waals surface area contributed by atoms with Gasteiger partial charge in [0.15, 0.2) is 0 Å². The largest absolute Gasteiger partial charge is 0.464 e. The van der Waals surface area contributed by atoms with Crippen LogP contribution in [0, 0.1) is 0 Å². The first-order chi connectivity index (χ1) is 14.5. The summed E-state index contributed by atoms with van der Waals surface area (Å²) in [6, 6.07) is 7.67. The van der Waals surface area contributed by atoms with Crippen molar-refractivity contribution in [2.75, 3.05) is 0 Å². The Labute approximate surface area is 169 Å². The third kappa shape index (κ3) is 3.65. The number of Topliss-reactive ketones (excluding diaryl/α,β-unsaturated/α-hetero) is 1. The van der Waals surface area contributed by atoms with Gasteiger partial charge in [-0.25, -0.2) is 15.0 Å². The maximum Gasteiger partial charge on any atom is 0.287 e. The molecule has 3 N–H and O–H groups in total. The standard InChI is InChI=1S/C20H16N6O4/c21-19(28)18(27)14(7-12-9-30-16-4-2-1-3-13(12)16)25-20(29)15-8-23-11-26(15)17-5-6-22-10-24-17/h1-6,8-11,14H,7H2,(H2,21,28)(H,25,29). The van der Waals surface area contributed by atoms with Crippen molar-refractivity contribution in [1.82, 2.24) is 24.8 Å². The zero-order valence-electron chi connectivity index (χ0n) is 15.6. The van der Waals surface area contributed by atoms with E-state index in [1.165, 1.54) is 35.9 Å². The predicted molar refractivity (Wildman–Crippen MR) is 105 cm³/mol. The maximum atomic E-state index is 12.9. The molecule has 1 aromatic carbocycles. The van der Waals surface area contributed by atoms with Crippen molar-refractivity contribution in [2.45, 2.75) is 12.5 Å². The van der Waals surface area contributed by atoms with Crippen LogP contribution in [0.4, 0.5) is 0 Å². The molecule has 4 aromatic rings. The third-order valence-corrected chi connectivity index (χ3v) is 4.53. The molecular weight excluding hydrogens is 388 g/mol. The van der Waals surface area contributed by atoms with Gasteiger partial charge in [-0.3, -0.25) is 19.0 Å². The average molecular weight is 404 g/mol. The number of ketones is 1. The summed E-state index contributed by atoms with van der Waals surface area (Å²) in [6.07, 6.45) is 7.12. The number of amides is 2. The van der Waals surface area contributed by atoms with Gasteiger partial charge >= 0.3 is 0 Å². The number of para-hydroxylation sites is 1. The van der Waals surface area contributed by atoms with E-state index in [4.69, 9.17) is 10.2 Å². The second kappa shape index (κ2) is 7.95. The summed E-state index contributed by atoms with van der Waals surface area (Å²) in [7, 11) is 0. The number of aromatic nitrogens is 4. The lowest BCUT2D eigenvalue weighted by Gasteiger charge is -2.16. The highest BCUT2D eigenvalue weighted by molar-refractivity contribution is 6.38. The summed E-state index contributed by atoms with van der Waals surface area (Å²) >= 11 is 0. The number of carbonyl (C=O) groups excluding carboxylic acids is 3. The minimum Gasteiger partial charge on any atom is -0.464 e. The summed E-state index contributed by atoms with van der Waals surface area (Å²) in [4.78, 5) is 48.7. The Bertz CT molecular complexity index is 1230. The van der Waals surface area contributed by atoms with Gasteiger partial charge in [-0.05, 0) is 12.1 Å². The van der Waals surface area contributed by atoms with Crippen LogP contribution >= 0.6 is 0 Å². The number of primary amides is 1. The van der Waals surface area contributed by atoms with Crippen LogP contribution in [-0.2, 0) is 16.0 Å². The van der Waals surface area contributed by atoms with E-state index in [-0.39, 0.29) is 12.1 Å². The number of hydrogen-bond acceptors (Lipinski definition) is 7. The normalized spacial score (nSPS) is 11.9. The summed E-state index contributed by atoms with van der Waals surface area (Å²) in [6.45, 7) is 0. The fourth-order valence-electron chi connectivity index (χ4n) is 3.10. The van der Waals surface area contributed by atoms with Crippen molar-refractivity contribution in [1.29, 1.82) is 0 Å². The van der Waals surface area contributed by atoms with Crippen molar-refractivity contribution < 1.29 is 18.8 Å². The number of furan rings is 1. The van der Waals surface area contributed by atoms with E-state index in [1.807, 2.05) is 18.2 Å². The summed E-state index contributed by atoms with van der Waals surface area (Å²) in [5.74, 6) is -2.25. The first-order valence-electron chi connectivity index (χ1n) is 8.93. The van der Waals surface area contributed by atoms with E-state index in [0.717, 1.165) is 5.39 Å². The summed E-state index contributed by atoms with van der Waals surface area (Å²) in [5, 5.41) is 3.36. The highest BCUT2D eigenvalue weighted by Gasteiger charge is 2.28. The topological polar surface area (TPSA) is 146 Å². The SMILES string of the molecule is NC(=O)C(=O)C(Cc1coc2ccccc12)NC(=O)c1cncn1-c1ccncn1. The van der Waals surface area contributed by atoms with E-state index in [9.17, 15) is 14.4 Å². The number of carbonyl (C=O) groups is 3. The van der Waals surface area contributed by atoms with E-state index < -0.39 is 23.6 Å². The Morgan fingerprint density at radius 2 is 2.00 bits per heavy atom. The molecule has 0 aliphatic carbocycles. The van der Waals surface area contributed by atoms with Gasteiger partial charge in [0.05, 0.1) is 12.5 Å². The molecule has 0 saturated carbocycles. The zero-order valence-corrected chi connectivity index (χ0v) is 15.6. The summed E-state index contributed by atoms with van der Waals surface area (Å²) < 4.78 is 6.92. The zero-order chi connectivity index (χ0) is 21.1. The lowest BCUT2D eigenvalue weighted by Crippen LogP contribution is -2.47. The van der Waals surface area contributed by atoms with Gasteiger partial charge < -0.3 is 15.5 Å². The molecule has 1 atom stereocenters. The van der Waals surface area contributed by atoms with Crippen molar-refractivity contribution in [3.05, 3.63) is 72.9 Å². The third-order valence-electron chi connectivity index (χ3n) is 4.53. The Morgan fingerprint density at radius 3 is 2.77 bits per heavy atom. The Morgan fingerprint density at radius 1 is 1.17 bits per heavy atom. The highest BCUT2D eigenvalue weighted by Crippen LogP contribution is 2.22. The lowest BCUT2D eigenvalue weighted by atomic mass is 10.0. The van der Waals surface area contributed by atoms with Crippen LogP contribution in [0.25, 0.3) is 16.8 Å². The Hall–Kier alpha value is -4.34. The monoisotopic (exact) mass is 404 g/mol. The molecule has 0 saturated heterocycles. The molecule has 10 nitrogen and oxygen atoms in total. The predicted octanol–water partition coefficient (Wildman–Crippen LogP) is 0.804. The smallest absolute Gasteiger partial charge is 0.287 e. The molecule has 1 unspecified atom stereocenters. The van der Waals surface area contributed by atoms with Crippen molar-refractivity contribution in [3.8, 4) is 5.82 Å². The first kappa shape index (κ1) is 19.0. The van der Waals surface area contributed by atoms with Gasteiger partial charge in [0.25, 0.3) is 11.8 Å². The molecule has 0 spiro atoms. The maximum absolute atomic E-state index is 12.9. The van der Waals surface area contributed by atoms with Gasteiger partial charge in [-0.15, -0.1) is 0 Å². The molecule has 0 aliphatic heterocycles. The average Bonchev–Trinajstić information content (AvgIpc) is 3.41. The first-order valence-corrected chi connectivity index (χ1v) is 8.93. The van der Waals surface area contributed by atoms with Crippen LogP contribution in [-0.4, -0.2) is 43.2 Å². The van der Waals surface area contributed by atoms with Gasteiger partial charge in [-0.2, -0.15) is 0 Å². The van der Waals surface area contributed by atoms with Gasteiger partial charge in [0.1, 0.15) is 35.8 Å². The molecule has 0 fully saturated rings. The van der Waals surface area contributed by atoms with Crippen LogP contribution in [0.1, 0.15) is 16.1 Å². The molecule has 10 heteroatoms. The van der Waals surface area contributed by atoms with Crippen molar-refractivity contribution in [3.63, 3.8) is 0 Å². The Kier molecular flexibility index (Phi) is 5.04. The van der Waals surface area contributed by atoms with Crippen LogP contribution in [0.3, 0.4) is 0 Å². The second-order valence-electron chi connectivity index (χ2n) is 6.43. The molecular formula is C20H16N6O4. The summed E-state index contributed by atoms with van der Waals surface area (Å²) in [5.41, 5.74) is 6.62. The number of fused-ring (bicyclic) bond motifs is 1. The fraction of sp³-hybridized carbons (Fsp3) is 0.100. The molecule has 3 heterocycles. The van der Waals surface area contributed by atoms with Gasteiger partial charge in [-0.1, -0.05) is 18.2 Å². The van der Waals surface area contributed by atoms with Crippen LogP contribution in [0.2, 0.25) is 0 Å². The second-order valence-corrected chi connectivity index (χ2v) is 6.43. The minimum absolute atomic E-state index is 0.0339. The number of nitrogens with zero attached hydrogens (tertiary/aromatic N) is 4. The van der Waals surface area contributed by atoms with E-state index >= 15 is 0 Å². The number of hydrogen-bond donors (Lipinski definition) is 2. The lowest BCUT2D eigenvalue weighted by molar-refractivity contribution is -0.137. The molecule has 0 bridgehead atoms. The Balaban J connectivity index is 1.62. The highest BCUT2D eigenvalue weighted by atomic mass is 16.3. The molecule has 0 radical (unpaired) electrons. The number of rotatable bonds is 7. The van der Waals surface area contributed by atoms with E-state index in [0.29, 0.717) is 17.0 Å². The van der Waals surface area contributed by atoms with Crippen LogP contribution < -0.4 is 11.1 Å². The fourth-order valence-corrected chi connectivity index (χ4v) is 3.10. The molecule has 30 heavy (non-hydrogen) atoms. The number of nitrogens with one attached hydrogen (secondary N) is 1. The number of benzene rings is 1. The number of imidazole rings is 1. The molecule has 2 amide bonds. The minimum atomic E-state index is -1.18. The van der Waals surface area contributed by atoms with E-state index in [2.05, 4.69) is 20.3 Å². The van der Waals surface area contributed by atoms with E-state index in [1.54, 1.807) is 12.1 Å². The molecule has 3 aromatic heterocycles. The molecule has 150 valence electrons. The quantitative estimate of drug-likeness (QED) is 0.433. The van der Waals surface area contributed by atoms with Crippen LogP contribution in [0.15, 0.2) is 66.1 Å². The molecule has 0 aliphatic rings. The van der Waals surface area contributed by atoms with Gasteiger partial charge in [0, 0.05) is 23.6 Å². The van der Waals surface area contributed by atoms with Gasteiger partial charge in [0.2, 0.25) is 5.78 Å². The molecule has 4 rings (SSSR count). The van der Waals surface area contributed by atoms with Crippen molar-refractivity contribution >= 4 is 28.6 Å². The van der Waals surface area contributed by atoms with Crippen molar-refractivity contribution in [2.24, 2.45) is 5.73 Å². The van der Waals surface area contributed by atoms with Crippen LogP contribution in [0.5, 0.6) is 0 Å². The number of nitrogens with two attached hydrogens (primary N) is 1.